The van der Waals surface area contributed by atoms with Crippen molar-refractivity contribution in [2.75, 3.05) is 12.8 Å². The molecule has 3 heterocycles. The zero-order valence-electron chi connectivity index (χ0n) is 26.9. The van der Waals surface area contributed by atoms with Crippen LogP contribution in [0.5, 0.6) is 0 Å². The van der Waals surface area contributed by atoms with E-state index in [9.17, 15) is 24.0 Å². The van der Waals surface area contributed by atoms with Crippen LogP contribution in [-0.2, 0) is 27.4 Å². The second-order valence-electron chi connectivity index (χ2n) is 10.9. The van der Waals surface area contributed by atoms with Crippen LogP contribution in [-0.4, -0.2) is 50.3 Å². The van der Waals surface area contributed by atoms with Gasteiger partial charge in [-0.15, -0.1) is 0 Å². The standard InChI is InChI=1S/C37H28N6O8/c1-49-36(47)25-12-13-28-26(19-25)41-34(51-28)31(45)27(18-22-8-4-2-5-9-22)40-29(44)20-43-33(24-14-16-39-17-15-24)42-32(38)30(35(43)46)37(48)50-21-23-10-6-3-7-11-23/h2-19H,20-21,38H2,1H3,(H,40,44). The maximum Gasteiger partial charge on any atom is 0.347 e. The third-order valence-electron chi connectivity index (χ3n) is 7.49. The van der Waals surface area contributed by atoms with Gasteiger partial charge in [0.05, 0.1) is 18.4 Å². The second kappa shape index (κ2) is 14.9. The predicted molar refractivity (Wildman–Crippen MR) is 184 cm³/mol. The highest BCUT2D eigenvalue weighted by Gasteiger charge is 2.26. The molecular weight excluding hydrogens is 656 g/mol. The Morgan fingerprint density at radius 2 is 1.61 bits per heavy atom. The molecule has 6 aromatic rings. The van der Waals surface area contributed by atoms with Crippen LogP contribution in [0.1, 0.15) is 42.5 Å². The first-order chi connectivity index (χ1) is 24.7. The topological polar surface area (TPSA) is 199 Å². The summed E-state index contributed by atoms with van der Waals surface area (Å²) >= 11 is 0. The van der Waals surface area contributed by atoms with E-state index in [1.54, 1.807) is 72.8 Å². The fourth-order valence-electron chi connectivity index (χ4n) is 5.02. The van der Waals surface area contributed by atoms with Crippen molar-refractivity contribution in [2.45, 2.75) is 13.2 Å². The van der Waals surface area contributed by atoms with Crippen molar-refractivity contribution in [2.24, 2.45) is 0 Å². The van der Waals surface area contributed by atoms with Gasteiger partial charge in [-0.25, -0.2) is 19.6 Å². The Bertz CT molecular complexity index is 2350. The molecule has 14 nitrogen and oxygen atoms in total. The highest BCUT2D eigenvalue weighted by molar-refractivity contribution is 6.11. The molecule has 0 aliphatic carbocycles. The van der Waals surface area contributed by atoms with Crippen LogP contribution in [0, 0.1) is 0 Å². The third-order valence-corrected chi connectivity index (χ3v) is 7.49. The molecule has 51 heavy (non-hydrogen) atoms. The molecule has 6 rings (SSSR count). The molecule has 0 aliphatic heterocycles. The van der Waals surface area contributed by atoms with Crippen LogP contribution < -0.4 is 16.6 Å². The summed E-state index contributed by atoms with van der Waals surface area (Å²) in [5, 5.41) is 2.56. The Hall–Kier alpha value is -7.22. The smallest absolute Gasteiger partial charge is 0.347 e. The first-order valence-electron chi connectivity index (χ1n) is 15.3. The van der Waals surface area contributed by atoms with Gasteiger partial charge in [-0.05, 0) is 47.5 Å². The van der Waals surface area contributed by atoms with E-state index in [2.05, 4.69) is 20.3 Å². The molecule has 0 radical (unpaired) electrons. The van der Waals surface area contributed by atoms with E-state index < -0.39 is 47.1 Å². The van der Waals surface area contributed by atoms with E-state index in [1.807, 2.05) is 0 Å². The number of amides is 1. The van der Waals surface area contributed by atoms with Gasteiger partial charge in [0.2, 0.25) is 5.91 Å². The summed E-state index contributed by atoms with van der Waals surface area (Å²) in [5.41, 5.74) is 6.60. The molecule has 1 amide bonds. The molecule has 0 unspecified atom stereocenters. The summed E-state index contributed by atoms with van der Waals surface area (Å²) in [5.74, 6) is -4.07. The zero-order chi connectivity index (χ0) is 35.9. The van der Waals surface area contributed by atoms with Gasteiger partial charge in [-0.2, -0.15) is 0 Å². The van der Waals surface area contributed by atoms with Crippen molar-refractivity contribution in [1.29, 1.82) is 0 Å². The van der Waals surface area contributed by atoms with E-state index in [-0.39, 0.29) is 40.7 Å². The number of pyridine rings is 1. The number of esters is 2. The predicted octanol–water partition coefficient (Wildman–Crippen LogP) is 4.21. The Morgan fingerprint density at radius 1 is 0.902 bits per heavy atom. The van der Waals surface area contributed by atoms with Gasteiger partial charge >= 0.3 is 11.9 Å². The monoisotopic (exact) mass is 684 g/mol. The van der Waals surface area contributed by atoms with Gasteiger partial charge < -0.3 is 24.9 Å². The maximum atomic E-state index is 13.9. The number of fused-ring (bicyclic) bond motifs is 1. The van der Waals surface area contributed by atoms with E-state index in [0.29, 0.717) is 16.7 Å². The molecule has 254 valence electrons. The Morgan fingerprint density at radius 3 is 2.31 bits per heavy atom. The quantitative estimate of drug-likeness (QED) is 0.112. The van der Waals surface area contributed by atoms with Crippen LogP contribution in [0.25, 0.3) is 28.6 Å². The van der Waals surface area contributed by atoms with Gasteiger partial charge in [0, 0.05) is 18.0 Å². The van der Waals surface area contributed by atoms with E-state index in [4.69, 9.17) is 19.6 Å². The van der Waals surface area contributed by atoms with Crippen LogP contribution >= 0.6 is 0 Å². The Labute approximate surface area is 289 Å². The van der Waals surface area contributed by atoms with Gasteiger partial charge in [0.1, 0.15) is 30.3 Å². The summed E-state index contributed by atoms with van der Waals surface area (Å²) in [4.78, 5) is 79.2. The number of nitrogens with one attached hydrogen (secondary N) is 1. The molecule has 0 saturated carbocycles. The number of oxazole rings is 1. The summed E-state index contributed by atoms with van der Waals surface area (Å²) in [6.07, 6.45) is 4.32. The molecular formula is C37H28N6O8. The third kappa shape index (κ3) is 7.60. The normalized spacial score (nSPS) is 11.2. The number of rotatable bonds is 11. The number of hydrogen-bond donors (Lipinski definition) is 2. The average Bonchev–Trinajstić information content (AvgIpc) is 3.59. The maximum absolute atomic E-state index is 13.9. The fraction of sp³-hybridized carbons (Fsp3) is 0.0811. The molecule has 0 atom stereocenters. The average molecular weight is 685 g/mol. The lowest BCUT2D eigenvalue weighted by Gasteiger charge is -2.16. The molecule has 3 aromatic heterocycles. The lowest BCUT2D eigenvalue weighted by Crippen LogP contribution is -2.37. The summed E-state index contributed by atoms with van der Waals surface area (Å²) in [6.45, 7) is -0.834. The van der Waals surface area contributed by atoms with Gasteiger partial charge in [0.15, 0.2) is 11.1 Å². The highest BCUT2D eigenvalue weighted by Crippen LogP contribution is 2.22. The summed E-state index contributed by atoms with van der Waals surface area (Å²) < 4.78 is 16.8. The number of hydrogen-bond acceptors (Lipinski definition) is 12. The van der Waals surface area contributed by atoms with Crippen molar-refractivity contribution in [1.82, 2.24) is 24.8 Å². The van der Waals surface area contributed by atoms with Crippen molar-refractivity contribution in [3.05, 3.63) is 148 Å². The number of nitrogens with zero attached hydrogens (tertiary/aromatic N) is 4. The van der Waals surface area contributed by atoms with Gasteiger partial charge in [-0.1, -0.05) is 60.7 Å². The van der Waals surface area contributed by atoms with E-state index in [0.717, 1.165) is 4.57 Å². The van der Waals surface area contributed by atoms with Crippen molar-refractivity contribution in [3.8, 4) is 11.4 Å². The van der Waals surface area contributed by atoms with Crippen LogP contribution in [0.15, 0.2) is 118 Å². The molecule has 0 fully saturated rings. The number of carbonyl (C=O) groups is 4. The molecule has 0 bridgehead atoms. The number of allylic oxidation sites excluding steroid dienone is 1. The molecule has 3 N–H and O–H groups in total. The second-order valence-corrected chi connectivity index (χ2v) is 10.9. The van der Waals surface area contributed by atoms with Gasteiger partial charge in [-0.3, -0.25) is 23.9 Å². The van der Waals surface area contributed by atoms with Crippen LogP contribution in [0.4, 0.5) is 5.82 Å². The van der Waals surface area contributed by atoms with E-state index in [1.165, 1.54) is 43.8 Å². The van der Waals surface area contributed by atoms with Crippen LogP contribution in [0.3, 0.4) is 0 Å². The highest BCUT2D eigenvalue weighted by atomic mass is 16.5. The first-order valence-corrected chi connectivity index (χ1v) is 15.3. The number of aromatic nitrogens is 4. The molecule has 3 aromatic carbocycles. The number of nitrogens with two attached hydrogens (primary N) is 1. The number of ketones is 1. The number of Topliss-reactive ketones (excluding diaryl/α,β-unsaturated/α-hetero) is 1. The van der Waals surface area contributed by atoms with Crippen molar-refractivity contribution >= 4 is 46.6 Å². The first kappa shape index (κ1) is 33.7. The van der Waals surface area contributed by atoms with Crippen molar-refractivity contribution < 1.29 is 33.1 Å². The number of carbonyl (C=O) groups excluding carboxylic acids is 4. The zero-order valence-corrected chi connectivity index (χ0v) is 26.9. The fourth-order valence-corrected chi connectivity index (χ4v) is 5.02. The molecule has 0 spiro atoms. The lowest BCUT2D eigenvalue weighted by molar-refractivity contribution is -0.120. The molecule has 14 heteroatoms. The number of methoxy groups -OCH3 is 1. The summed E-state index contributed by atoms with van der Waals surface area (Å²) in [7, 11) is 1.24. The largest absolute Gasteiger partial charge is 0.465 e. The number of ether oxygens (including phenoxy) is 2. The minimum atomic E-state index is -1.03. The van der Waals surface area contributed by atoms with Gasteiger partial charge in [0.25, 0.3) is 17.2 Å². The van der Waals surface area contributed by atoms with Crippen LogP contribution in [0.2, 0.25) is 0 Å². The minimum absolute atomic E-state index is 0.0325. The molecule has 0 saturated heterocycles. The lowest BCUT2D eigenvalue weighted by atomic mass is 10.1. The number of nitrogen functional groups attached to an aromatic ring is 1. The Kier molecular flexibility index (Phi) is 9.84. The number of benzene rings is 3. The SMILES string of the molecule is COC(=O)c1ccc2oc(C(=O)C(=Cc3ccccc3)NC(=O)Cn3c(-c4ccncc4)nc(N)c(C(=O)OCc4ccccc4)c3=O)nc2c1. The van der Waals surface area contributed by atoms with E-state index >= 15 is 0 Å². The number of anilines is 1. The molecule has 0 aliphatic rings. The Balaban J connectivity index is 1.34. The summed E-state index contributed by atoms with van der Waals surface area (Å²) in [6, 6.07) is 24.9. The van der Waals surface area contributed by atoms with Crippen molar-refractivity contribution in [3.63, 3.8) is 0 Å². The minimum Gasteiger partial charge on any atom is -0.465 e.